The first kappa shape index (κ1) is 22.2. The average molecular weight is 444 g/mol. The lowest BCUT2D eigenvalue weighted by atomic mass is 10.1. The minimum atomic E-state index is -4.72. The number of nitrogens with zero attached hydrogens (tertiary/aromatic N) is 2. The van der Waals surface area contributed by atoms with Gasteiger partial charge in [0, 0.05) is 6.54 Å². The number of likely N-dealkylation sites (tertiary alicyclic amines) is 1. The normalized spacial score (nSPS) is 23.1. The molecule has 0 bridgehead atoms. The Kier molecular flexibility index (Phi) is 6.74. The number of β-amino-alcohol motifs (C(OH)–C–C–N with tert-alkyl or cyclic N) is 1. The zero-order valence-corrected chi connectivity index (χ0v) is 16.3. The Morgan fingerprint density at radius 1 is 1.13 bits per heavy atom. The molecule has 162 valence electrons. The summed E-state index contributed by atoms with van der Waals surface area (Å²) in [5, 5.41) is 18.7. The lowest BCUT2D eigenvalue weighted by molar-refractivity contribution is -0.141. The highest BCUT2D eigenvalue weighted by Crippen LogP contribution is 2.29. The third-order valence-electron chi connectivity index (χ3n) is 4.54. The van der Waals surface area contributed by atoms with Crippen molar-refractivity contribution in [2.75, 3.05) is 13.1 Å². The van der Waals surface area contributed by atoms with Crippen LogP contribution >= 0.6 is 0 Å². The predicted octanol–water partition coefficient (Wildman–Crippen LogP) is 1.95. The summed E-state index contributed by atoms with van der Waals surface area (Å²) in [7, 11) is -2.21. The molecule has 1 aromatic carbocycles. The van der Waals surface area contributed by atoms with Gasteiger partial charge in [-0.3, -0.25) is 4.21 Å². The summed E-state index contributed by atoms with van der Waals surface area (Å²) in [6.07, 6.45) is -8.48. The molecule has 0 unspecified atom stereocenters. The molecule has 0 spiro atoms. The van der Waals surface area contributed by atoms with Crippen molar-refractivity contribution in [3.8, 4) is 0 Å². The van der Waals surface area contributed by atoms with Crippen LogP contribution in [0.25, 0.3) is 0 Å². The molecule has 0 aliphatic carbocycles. The number of benzene rings is 1. The molecule has 2 N–H and O–H groups in total. The number of aliphatic hydroxyl groups is 2. The number of carbonyl (C=O) groups excluding carboxylic acids is 1. The second kappa shape index (κ2) is 9.11. The first-order valence-corrected chi connectivity index (χ1v) is 10.1. The number of carbonyl (C=O) groups is 1. The van der Waals surface area contributed by atoms with Gasteiger partial charge in [0.2, 0.25) is 0 Å². The number of pyridine rings is 1. The quantitative estimate of drug-likeness (QED) is 0.748. The molecule has 0 radical (unpaired) electrons. The second-order valence-corrected chi connectivity index (χ2v) is 8.32. The number of hydrogen-bond acceptors (Lipinski definition) is 6. The van der Waals surface area contributed by atoms with E-state index in [1.807, 2.05) is 0 Å². The maximum absolute atomic E-state index is 12.9. The van der Waals surface area contributed by atoms with Crippen LogP contribution in [0.5, 0.6) is 0 Å². The fourth-order valence-corrected chi connectivity index (χ4v) is 4.44. The van der Waals surface area contributed by atoms with Gasteiger partial charge in [0.25, 0.3) is 0 Å². The van der Waals surface area contributed by atoms with Crippen molar-refractivity contribution in [3.63, 3.8) is 0 Å². The summed E-state index contributed by atoms with van der Waals surface area (Å²) in [4.78, 5) is 16.8. The number of hydrogen-bond donors (Lipinski definition) is 2. The smallest absolute Gasteiger partial charge is 0.433 e. The largest absolute Gasteiger partial charge is 0.445 e. The molecule has 1 amide bonds. The third-order valence-corrected chi connectivity index (χ3v) is 6.16. The van der Waals surface area contributed by atoms with Gasteiger partial charge in [0.1, 0.15) is 17.3 Å². The molecule has 11 heteroatoms. The molecule has 30 heavy (non-hydrogen) atoms. The molecule has 1 aliphatic rings. The highest BCUT2D eigenvalue weighted by Gasteiger charge is 2.42. The fourth-order valence-electron chi connectivity index (χ4n) is 2.98. The number of piperidine rings is 1. The van der Waals surface area contributed by atoms with Crippen LogP contribution < -0.4 is 0 Å². The summed E-state index contributed by atoms with van der Waals surface area (Å²) in [6.45, 7) is -0.577. The molecule has 1 fully saturated rings. The average Bonchev–Trinajstić information content (AvgIpc) is 2.73. The van der Waals surface area contributed by atoms with Gasteiger partial charge in [-0.1, -0.05) is 36.4 Å². The molecule has 1 saturated heterocycles. The Morgan fingerprint density at radius 3 is 2.50 bits per heavy atom. The summed E-state index contributed by atoms with van der Waals surface area (Å²) in [5.41, 5.74) is -0.491. The van der Waals surface area contributed by atoms with E-state index in [2.05, 4.69) is 4.98 Å². The Balaban J connectivity index is 1.73. The van der Waals surface area contributed by atoms with Crippen molar-refractivity contribution >= 4 is 16.9 Å². The Labute approximate surface area is 172 Å². The zero-order chi connectivity index (χ0) is 21.9. The Bertz CT molecular complexity index is 913. The van der Waals surface area contributed by atoms with Crippen molar-refractivity contribution in [2.45, 2.75) is 35.3 Å². The van der Waals surface area contributed by atoms with E-state index in [0.717, 1.165) is 28.7 Å². The van der Waals surface area contributed by atoms with Gasteiger partial charge in [0.05, 0.1) is 34.8 Å². The molecule has 1 aliphatic heterocycles. The number of aromatic nitrogens is 1. The van der Waals surface area contributed by atoms with Gasteiger partial charge in [-0.15, -0.1) is 0 Å². The van der Waals surface area contributed by atoms with Gasteiger partial charge in [-0.05, 0) is 17.7 Å². The monoisotopic (exact) mass is 444 g/mol. The highest BCUT2D eigenvalue weighted by molar-refractivity contribution is 7.85. The van der Waals surface area contributed by atoms with E-state index < -0.39 is 51.2 Å². The van der Waals surface area contributed by atoms with Crippen LogP contribution in [0.2, 0.25) is 0 Å². The van der Waals surface area contributed by atoms with Gasteiger partial charge >= 0.3 is 12.3 Å². The molecule has 0 saturated carbocycles. The van der Waals surface area contributed by atoms with Crippen molar-refractivity contribution in [1.82, 2.24) is 9.88 Å². The maximum Gasteiger partial charge on any atom is 0.433 e. The first-order valence-electron chi connectivity index (χ1n) is 8.93. The van der Waals surface area contributed by atoms with E-state index in [4.69, 9.17) is 4.74 Å². The number of amides is 1. The van der Waals surface area contributed by atoms with Crippen LogP contribution in [0.15, 0.2) is 53.6 Å². The van der Waals surface area contributed by atoms with Crippen LogP contribution in [0, 0.1) is 0 Å². The lowest BCUT2D eigenvalue weighted by Gasteiger charge is -2.37. The van der Waals surface area contributed by atoms with Gasteiger partial charge in [-0.2, -0.15) is 13.2 Å². The standard InChI is InChI=1S/C19H19F3N2O5S/c20-19(21,22)15-7-4-8-16(23-15)30(28)14-10-24(9-13(25)17(14)26)18(27)29-11-12-5-2-1-3-6-12/h1-8,13-14,17,25-26H,9-11H2/t13-,14-,17-,30-/m0/s1. The molecule has 4 atom stereocenters. The number of aliphatic hydroxyl groups excluding tert-OH is 2. The van der Waals surface area contributed by atoms with Crippen LogP contribution in [-0.2, 0) is 28.3 Å². The molecule has 2 heterocycles. The Hall–Kier alpha value is -2.50. The van der Waals surface area contributed by atoms with Gasteiger partial charge in [0.15, 0.2) is 0 Å². The summed E-state index contributed by atoms with van der Waals surface area (Å²) < 4.78 is 56.6. The Morgan fingerprint density at radius 2 is 1.83 bits per heavy atom. The van der Waals surface area contributed by atoms with Crippen molar-refractivity contribution < 1.29 is 37.1 Å². The van der Waals surface area contributed by atoms with E-state index in [-0.39, 0.29) is 19.7 Å². The van der Waals surface area contributed by atoms with E-state index in [1.54, 1.807) is 30.3 Å². The summed E-state index contributed by atoms with van der Waals surface area (Å²) in [6, 6.07) is 11.8. The van der Waals surface area contributed by atoms with Crippen LogP contribution in [-0.4, -0.2) is 60.9 Å². The fraction of sp³-hybridized carbons (Fsp3) is 0.368. The van der Waals surface area contributed by atoms with E-state index in [9.17, 15) is 32.4 Å². The molecule has 1 aromatic heterocycles. The van der Waals surface area contributed by atoms with Crippen LogP contribution in [0.3, 0.4) is 0 Å². The minimum Gasteiger partial charge on any atom is -0.445 e. The zero-order valence-electron chi connectivity index (χ0n) is 15.5. The predicted molar refractivity (Wildman–Crippen MR) is 99.6 cm³/mol. The highest BCUT2D eigenvalue weighted by atomic mass is 32.2. The number of ether oxygens (including phenoxy) is 1. The van der Waals surface area contributed by atoms with Crippen LogP contribution in [0.1, 0.15) is 11.3 Å². The molecule has 7 nitrogen and oxygen atoms in total. The van der Waals surface area contributed by atoms with E-state index >= 15 is 0 Å². The minimum absolute atomic E-state index is 0.0300. The SMILES string of the molecule is O=C(OCc1ccccc1)N1C[C@H](O)[C@H](O)[C@@H]([S@](=O)c2cccc(C(F)(F)F)n2)C1. The molecule has 2 aromatic rings. The third kappa shape index (κ3) is 5.15. The van der Waals surface area contributed by atoms with Crippen molar-refractivity contribution in [2.24, 2.45) is 0 Å². The van der Waals surface area contributed by atoms with Crippen molar-refractivity contribution in [1.29, 1.82) is 0 Å². The topological polar surface area (TPSA) is 100.0 Å². The number of alkyl halides is 3. The second-order valence-electron chi connectivity index (χ2n) is 6.70. The lowest BCUT2D eigenvalue weighted by Crippen LogP contribution is -2.58. The summed E-state index contributed by atoms with van der Waals surface area (Å²) in [5.74, 6) is 0. The maximum atomic E-state index is 12.9. The van der Waals surface area contributed by atoms with Crippen LogP contribution in [0.4, 0.5) is 18.0 Å². The molecular weight excluding hydrogens is 425 g/mol. The molecule has 3 rings (SSSR count). The van der Waals surface area contributed by atoms with Gasteiger partial charge < -0.3 is 19.8 Å². The first-order chi connectivity index (χ1) is 14.2. The van der Waals surface area contributed by atoms with E-state index in [0.29, 0.717) is 0 Å². The summed E-state index contributed by atoms with van der Waals surface area (Å²) >= 11 is 0. The molecular formula is C19H19F3N2O5S. The number of rotatable bonds is 4. The van der Waals surface area contributed by atoms with Gasteiger partial charge in [-0.25, -0.2) is 9.78 Å². The number of halogens is 3. The van der Waals surface area contributed by atoms with Crippen molar-refractivity contribution in [3.05, 3.63) is 59.8 Å². The van der Waals surface area contributed by atoms with E-state index in [1.165, 1.54) is 0 Å².